The van der Waals surface area contributed by atoms with Crippen molar-refractivity contribution in [1.82, 2.24) is 10.2 Å². The van der Waals surface area contributed by atoms with E-state index in [0.29, 0.717) is 31.4 Å². The third-order valence-electron chi connectivity index (χ3n) is 6.30. The summed E-state index contributed by atoms with van der Waals surface area (Å²) in [6.45, 7) is 15.2. The number of likely N-dealkylation sites (tertiary alicyclic amines) is 1. The molecule has 0 spiro atoms. The molecule has 0 bridgehead atoms. The van der Waals surface area contributed by atoms with E-state index in [2.05, 4.69) is 11.9 Å². The first-order valence-electron chi connectivity index (χ1n) is 11.8. The smallest absolute Gasteiger partial charge is 0.251 e. The van der Waals surface area contributed by atoms with Gasteiger partial charge in [-0.25, -0.2) is 0 Å². The molecule has 2 rings (SSSR count). The Hall–Kier alpha value is -2.80. The van der Waals surface area contributed by atoms with Gasteiger partial charge in [-0.15, -0.1) is 0 Å². The lowest BCUT2D eigenvalue weighted by molar-refractivity contribution is -0.142. The number of imide groups is 1. The summed E-state index contributed by atoms with van der Waals surface area (Å²) < 4.78 is 5.97. The van der Waals surface area contributed by atoms with Crippen LogP contribution in [0.25, 0.3) is 0 Å². The highest BCUT2D eigenvalue weighted by atomic mass is 16.5. The topological polar surface area (TPSA) is 92.8 Å². The first-order chi connectivity index (χ1) is 15.7. The molecule has 0 aromatic carbocycles. The van der Waals surface area contributed by atoms with Crippen molar-refractivity contribution in [1.29, 1.82) is 0 Å². The summed E-state index contributed by atoms with van der Waals surface area (Å²) in [6.07, 6.45) is 11.6. The third-order valence-corrected chi connectivity index (χ3v) is 6.30. The number of carbonyl (C=O) groups excluding carboxylic acids is 4. The van der Waals surface area contributed by atoms with Crippen molar-refractivity contribution >= 4 is 23.5 Å². The second-order valence-electron chi connectivity index (χ2n) is 10.6. The van der Waals surface area contributed by atoms with Crippen LogP contribution in [-0.2, 0) is 23.9 Å². The highest BCUT2D eigenvalue weighted by molar-refractivity contribution is 6.05. The van der Waals surface area contributed by atoms with Gasteiger partial charge >= 0.3 is 0 Å². The van der Waals surface area contributed by atoms with E-state index < -0.39 is 16.7 Å². The number of nitrogens with zero attached hydrogens (tertiary/aromatic N) is 1. The molecule has 7 nitrogen and oxygen atoms in total. The number of nitrogens with one attached hydrogen (secondary N) is 1. The van der Waals surface area contributed by atoms with Crippen molar-refractivity contribution in [3.05, 3.63) is 48.6 Å². The van der Waals surface area contributed by atoms with Crippen molar-refractivity contribution in [3.63, 3.8) is 0 Å². The van der Waals surface area contributed by atoms with Crippen molar-refractivity contribution in [2.24, 2.45) is 5.92 Å². The van der Waals surface area contributed by atoms with Crippen LogP contribution >= 0.6 is 0 Å². The second kappa shape index (κ2) is 10.6. The molecular formula is C27H38N2O5. The standard InChI is InChI=1S/C27H38N2O5/c1-8-21(30)12-14-26(5,6)34-17-16-25(3,4)28-23(32)20-10-9-13-27(7,15-11-20)29-22(31)18-19(2)24(29)33/h8-11,13,15,19H,1,12,14,16-18H2,2-7H3,(H,28,32). The molecule has 0 aromatic heterocycles. The molecule has 1 aliphatic carbocycles. The Morgan fingerprint density at radius 3 is 2.50 bits per heavy atom. The van der Waals surface area contributed by atoms with Gasteiger partial charge in [0.25, 0.3) is 5.91 Å². The first-order valence-corrected chi connectivity index (χ1v) is 11.8. The maximum atomic E-state index is 13.0. The number of hydrogen-bond acceptors (Lipinski definition) is 5. The fourth-order valence-corrected chi connectivity index (χ4v) is 3.93. The molecule has 1 fully saturated rings. The molecular weight excluding hydrogens is 432 g/mol. The zero-order valence-corrected chi connectivity index (χ0v) is 21.3. The van der Waals surface area contributed by atoms with E-state index in [-0.39, 0.29) is 35.8 Å². The third kappa shape index (κ3) is 7.10. The zero-order valence-electron chi connectivity index (χ0n) is 21.3. The van der Waals surface area contributed by atoms with Gasteiger partial charge in [0.1, 0.15) is 0 Å². The number of ether oxygens (including phenoxy) is 1. The first kappa shape index (κ1) is 27.4. The van der Waals surface area contributed by atoms with Gasteiger partial charge in [-0.1, -0.05) is 37.8 Å². The Bertz CT molecular complexity index is 941. The van der Waals surface area contributed by atoms with Crippen LogP contribution in [0.15, 0.2) is 48.6 Å². The molecule has 2 atom stereocenters. The lowest BCUT2D eigenvalue weighted by Crippen LogP contribution is -2.47. The SMILES string of the molecule is C=CC(=O)CCC(C)(C)OCCC(C)(C)NC(=O)C1=CC=CC(C)(N2C(=O)CC(C)C2=O)C=C1. The van der Waals surface area contributed by atoms with E-state index in [4.69, 9.17) is 4.74 Å². The molecule has 2 aliphatic rings. The van der Waals surface area contributed by atoms with E-state index in [0.717, 1.165) is 0 Å². The maximum absolute atomic E-state index is 13.0. The van der Waals surface area contributed by atoms with E-state index in [1.807, 2.05) is 27.7 Å². The van der Waals surface area contributed by atoms with Crippen LogP contribution in [0.3, 0.4) is 0 Å². The van der Waals surface area contributed by atoms with Gasteiger partial charge in [-0.05, 0) is 59.6 Å². The second-order valence-corrected chi connectivity index (χ2v) is 10.6. The Morgan fingerprint density at radius 1 is 1.24 bits per heavy atom. The predicted octanol–water partition coefficient (Wildman–Crippen LogP) is 3.81. The number of rotatable bonds is 11. The largest absolute Gasteiger partial charge is 0.375 e. The molecule has 186 valence electrons. The highest BCUT2D eigenvalue weighted by Gasteiger charge is 2.44. The fraction of sp³-hybridized carbons (Fsp3) is 0.556. The molecule has 3 amide bonds. The van der Waals surface area contributed by atoms with Crippen molar-refractivity contribution in [3.8, 4) is 0 Å². The number of allylic oxidation sites excluding steroid dienone is 3. The van der Waals surface area contributed by atoms with Gasteiger partial charge in [0, 0.05) is 36.5 Å². The lowest BCUT2D eigenvalue weighted by Gasteiger charge is -2.32. The van der Waals surface area contributed by atoms with Crippen molar-refractivity contribution < 1.29 is 23.9 Å². The van der Waals surface area contributed by atoms with Crippen LogP contribution in [-0.4, -0.2) is 51.7 Å². The van der Waals surface area contributed by atoms with Crippen LogP contribution in [0.4, 0.5) is 0 Å². The molecule has 0 aromatic rings. The molecule has 1 heterocycles. The molecule has 2 unspecified atom stereocenters. The molecule has 34 heavy (non-hydrogen) atoms. The average molecular weight is 471 g/mol. The lowest BCUT2D eigenvalue weighted by atomic mass is 9.98. The molecule has 1 N–H and O–H groups in total. The molecule has 0 saturated carbocycles. The van der Waals surface area contributed by atoms with Crippen LogP contribution in [0.5, 0.6) is 0 Å². The molecule has 0 radical (unpaired) electrons. The summed E-state index contributed by atoms with van der Waals surface area (Å²) in [5.41, 5.74) is -1.47. The molecule has 7 heteroatoms. The van der Waals surface area contributed by atoms with Crippen molar-refractivity contribution in [2.45, 2.75) is 83.9 Å². The Labute approximate surface area is 203 Å². The number of hydrogen-bond donors (Lipinski definition) is 1. The van der Waals surface area contributed by atoms with Gasteiger partial charge in [0.2, 0.25) is 11.8 Å². The number of amides is 3. The van der Waals surface area contributed by atoms with Crippen LogP contribution in [0.2, 0.25) is 0 Å². The van der Waals surface area contributed by atoms with Crippen molar-refractivity contribution in [2.75, 3.05) is 6.61 Å². The Morgan fingerprint density at radius 2 is 1.91 bits per heavy atom. The van der Waals surface area contributed by atoms with E-state index in [9.17, 15) is 19.2 Å². The Balaban J connectivity index is 1.95. The minimum atomic E-state index is -0.917. The van der Waals surface area contributed by atoms with Gasteiger partial charge in [-0.3, -0.25) is 24.1 Å². The van der Waals surface area contributed by atoms with Gasteiger partial charge in [-0.2, -0.15) is 0 Å². The van der Waals surface area contributed by atoms with Crippen LogP contribution in [0.1, 0.15) is 67.2 Å². The quantitative estimate of drug-likeness (QED) is 0.366. The van der Waals surface area contributed by atoms with E-state index in [1.54, 1.807) is 44.2 Å². The minimum absolute atomic E-state index is 0.00730. The van der Waals surface area contributed by atoms with E-state index >= 15 is 0 Å². The average Bonchev–Trinajstić information content (AvgIpc) is 2.88. The summed E-state index contributed by atoms with van der Waals surface area (Å²) in [7, 11) is 0. The zero-order chi connectivity index (χ0) is 25.7. The highest BCUT2D eigenvalue weighted by Crippen LogP contribution is 2.31. The number of ketones is 1. The van der Waals surface area contributed by atoms with Gasteiger partial charge in [0.05, 0.1) is 11.1 Å². The van der Waals surface area contributed by atoms with Crippen LogP contribution in [0, 0.1) is 5.92 Å². The van der Waals surface area contributed by atoms with Crippen LogP contribution < -0.4 is 5.32 Å². The summed E-state index contributed by atoms with van der Waals surface area (Å²) in [5, 5.41) is 3.03. The molecule has 1 aliphatic heterocycles. The number of carbonyl (C=O) groups is 4. The maximum Gasteiger partial charge on any atom is 0.251 e. The summed E-state index contributed by atoms with van der Waals surface area (Å²) in [5.74, 6) is -1.00. The molecule has 1 saturated heterocycles. The summed E-state index contributed by atoms with van der Waals surface area (Å²) in [6, 6.07) is 0. The Kier molecular flexibility index (Phi) is 8.59. The normalized spacial score (nSPS) is 23.1. The fourth-order valence-electron chi connectivity index (χ4n) is 3.93. The summed E-state index contributed by atoms with van der Waals surface area (Å²) >= 11 is 0. The predicted molar refractivity (Wildman–Crippen MR) is 132 cm³/mol. The van der Waals surface area contributed by atoms with Gasteiger partial charge in [0.15, 0.2) is 5.78 Å². The minimum Gasteiger partial charge on any atom is -0.375 e. The monoisotopic (exact) mass is 470 g/mol. The van der Waals surface area contributed by atoms with Gasteiger partial charge < -0.3 is 10.1 Å². The van der Waals surface area contributed by atoms with E-state index in [1.165, 1.54) is 11.0 Å². The summed E-state index contributed by atoms with van der Waals surface area (Å²) in [4.78, 5) is 50.6.